The van der Waals surface area contributed by atoms with Crippen molar-refractivity contribution in [2.45, 2.75) is 25.1 Å². The number of hydrogen-bond acceptors (Lipinski definition) is 2. The maximum Gasteiger partial charge on any atom is 0.416 e. The Hall–Kier alpha value is -0.940. The van der Waals surface area contributed by atoms with E-state index in [0.717, 1.165) is 37.1 Å². The van der Waals surface area contributed by atoms with E-state index in [9.17, 15) is 13.2 Å². The highest BCUT2D eigenvalue weighted by atomic mass is 35.5. The molecule has 0 saturated carbocycles. The van der Waals surface area contributed by atoms with Gasteiger partial charge in [-0.3, -0.25) is 0 Å². The van der Waals surface area contributed by atoms with Crippen LogP contribution in [0.5, 0.6) is 5.75 Å². The molecule has 18 heavy (non-hydrogen) atoms. The molecule has 0 aromatic heterocycles. The van der Waals surface area contributed by atoms with E-state index in [-0.39, 0.29) is 18.4 Å². The predicted octanol–water partition coefficient (Wildman–Crippen LogP) is 3.56. The summed E-state index contributed by atoms with van der Waals surface area (Å²) < 4.78 is 42.7. The van der Waals surface area contributed by atoms with Gasteiger partial charge in [-0.15, -0.1) is 12.4 Å². The molecule has 1 atom stereocenters. The molecule has 2 rings (SSSR count). The van der Waals surface area contributed by atoms with Crippen LogP contribution in [-0.2, 0) is 6.18 Å². The van der Waals surface area contributed by atoms with Crippen molar-refractivity contribution in [2.75, 3.05) is 13.7 Å². The fraction of sp³-hybridized carbons (Fsp3) is 0.500. The minimum Gasteiger partial charge on any atom is -0.496 e. The van der Waals surface area contributed by atoms with Crippen LogP contribution in [0.1, 0.15) is 30.0 Å². The van der Waals surface area contributed by atoms with Crippen molar-refractivity contribution < 1.29 is 17.9 Å². The Bertz CT molecular complexity index is 403. The lowest BCUT2D eigenvalue weighted by Crippen LogP contribution is -2.14. The molecule has 0 unspecified atom stereocenters. The normalized spacial score (nSPS) is 19.4. The van der Waals surface area contributed by atoms with Gasteiger partial charge in [-0.05, 0) is 31.5 Å². The number of rotatable bonds is 2. The average Bonchev–Trinajstić information content (AvgIpc) is 2.80. The van der Waals surface area contributed by atoms with Gasteiger partial charge in [0.2, 0.25) is 0 Å². The van der Waals surface area contributed by atoms with Gasteiger partial charge in [0.15, 0.2) is 0 Å². The van der Waals surface area contributed by atoms with E-state index in [2.05, 4.69) is 5.32 Å². The number of nitrogens with one attached hydrogen (secondary N) is 1. The molecule has 2 nitrogen and oxygen atoms in total. The van der Waals surface area contributed by atoms with Gasteiger partial charge in [-0.25, -0.2) is 0 Å². The molecular weight excluding hydrogens is 267 g/mol. The van der Waals surface area contributed by atoms with Gasteiger partial charge in [-0.1, -0.05) is 6.07 Å². The highest BCUT2D eigenvalue weighted by Gasteiger charge is 2.32. The summed E-state index contributed by atoms with van der Waals surface area (Å²) in [7, 11) is 1.40. The predicted molar refractivity (Wildman–Crippen MR) is 65.2 cm³/mol. The van der Waals surface area contributed by atoms with Crippen LogP contribution in [0, 0.1) is 0 Å². The highest BCUT2D eigenvalue weighted by Crippen LogP contribution is 2.36. The Kier molecular flexibility index (Phi) is 4.87. The maximum absolute atomic E-state index is 12.5. The second-order valence-corrected chi connectivity index (χ2v) is 4.10. The highest BCUT2D eigenvalue weighted by molar-refractivity contribution is 5.85. The topological polar surface area (TPSA) is 21.3 Å². The van der Waals surface area contributed by atoms with Gasteiger partial charge >= 0.3 is 6.18 Å². The molecule has 1 aromatic carbocycles. The van der Waals surface area contributed by atoms with E-state index in [1.165, 1.54) is 13.2 Å². The standard InChI is InChI=1S/C12H14F3NO.ClH/c1-17-11-7-8(12(13,14)15)4-5-9(11)10-3-2-6-16-10;/h4-5,7,10,16H,2-3,6H2,1H3;1H/t10-;/m0./s1. The summed E-state index contributed by atoms with van der Waals surface area (Å²) in [6.45, 7) is 0.898. The molecule has 1 aliphatic rings. The van der Waals surface area contributed by atoms with Crippen LogP contribution in [0.3, 0.4) is 0 Å². The first-order chi connectivity index (χ1) is 8.02. The summed E-state index contributed by atoms with van der Waals surface area (Å²) in [6.07, 6.45) is -2.36. The molecule has 1 aliphatic heterocycles. The quantitative estimate of drug-likeness (QED) is 0.895. The smallest absolute Gasteiger partial charge is 0.416 e. The second kappa shape index (κ2) is 5.80. The van der Waals surface area contributed by atoms with Crippen LogP contribution in [0.25, 0.3) is 0 Å². The van der Waals surface area contributed by atoms with Crippen LogP contribution in [0.4, 0.5) is 13.2 Å². The molecule has 1 fully saturated rings. The van der Waals surface area contributed by atoms with Gasteiger partial charge < -0.3 is 10.1 Å². The van der Waals surface area contributed by atoms with Crippen molar-refractivity contribution in [2.24, 2.45) is 0 Å². The Balaban J connectivity index is 0.00000162. The first-order valence-corrected chi connectivity index (χ1v) is 5.51. The zero-order chi connectivity index (χ0) is 12.5. The van der Waals surface area contributed by atoms with Gasteiger partial charge in [0, 0.05) is 11.6 Å². The van der Waals surface area contributed by atoms with Crippen molar-refractivity contribution in [1.82, 2.24) is 5.32 Å². The van der Waals surface area contributed by atoms with E-state index in [1.807, 2.05) is 0 Å². The average molecular weight is 282 g/mol. The van der Waals surface area contributed by atoms with Crippen molar-refractivity contribution in [3.8, 4) is 5.75 Å². The Labute approximate surface area is 110 Å². The summed E-state index contributed by atoms with van der Waals surface area (Å²) in [5.41, 5.74) is 0.133. The van der Waals surface area contributed by atoms with Crippen molar-refractivity contribution in [1.29, 1.82) is 0 Å². The second-order valence-electron chi connectivity index (χ2n) is 4.10. The molecular formula is C12H15ClF3NO. The number of alkyl halides is 3. The number of hydrogen-bond donors (Lipinski definition) is 1. The van der Waals surface area contributed by atoms with Gasteiger partial charge in [0.25, 0.3) is 0 Å². The third kappa shape index (κ3) is 3.09. The van der Waals surface area contributed by atoms with Gasteiger partial charge in [-0.2, -0.15) is 13.2 Å². The number of benzene rings is 1. The van der Waals surface area contributed by atoms with Crippen LogP contribution >= 0.6 is 12.4 Å². The van der Waals surface area contributed by atoms with Crippen LogP contribution in [0.2, 0.25) is 0 Å². The molecule has 1 heterocycles. The zero-order valence-corrected chi connectivity index (χ0v) is 10.7. The molecule has 0 spiro atoms. The fourth-order valence-corrected chi connectivity index (χ4v) is 2.13. The Morgan fingerprint density at radius 2 is 2.06 bits per heavy atom. The third-order valence-electron chi connectivity index (χ3n) is 3.00. The lowest BCUT2D eigenvalue weighted by Gasteiger charge is -2.17. The SMILES string of the molecule is COc1cc(C(F)(F)F)ccc1[C@@H]1CCCN1.Cl. The zero-order valence-electron chi connectivity index (χ0n) is 9.88. The first kappa shape index (κ1) is 15.1. The summed E-state index contributed by atoms with van der Waals surface area (Å²) >= 11 is 0. The monoisotopic (exact) mass is 281 g/mol. The molecule has 0 radical (unpaired) electrons. The van der Waals surface area contributed by atoms with E-state index < -0.39 is 11.7 Å². The first-order valence-electron chi connectivity index (χ1n) is 5.51. The minimum atomic E-state index is -4.32. The van der Waals surface area contributed by atoms with E-state index >= 15 is 0 Å². The molecule has 0 amide bonds. The molecule has 0 aliphatic carbocycles. The van der Waals surface area contributed by atoms with Gasteiger partial charge in [0.1, 0.15) is 5.75 Å². The number of ether oxygens (including phenoxy) is 1. The summed E-state index contributed by atoms with van der Waals surface area (Å²) in [4.78, 5) is 0. The Morgan fingerprint density at radius 3 is 2.56 bits per heavy atom. The van der Waals surface area contributed by atoms with Crippen molar-refractivity contribution >= 4 is 12.4 Å². The Morgan fingerprint density at radius 1 is 1.33 bits per heavy atom. The number of halogens is 4. The third-order valence-corrected chi connectivity index (χ3v) is 3.00. The van der Waals surface area contributed by atoms with E-state index in [1.54, 1.807) is 0 Å². The van der Waals surface area contributed by atoms with Crippen LogP contribution in [0.15, 0.2) is 18.2 Å². The van der Waals surface area contributed by atoms with Crippen LogP contribution < -0.4 is 10.1 Å². The maximum atomic E-state index is 12.5. The summed E-state index contributed by atoms with van der Waals surface area (Å²) in [5.74, 6) is 0.305. The van der Waals surface area contributed by atoms with Gasteiger partial charge in [0.05, 0.1) is 12.7 Å². The lowest BCUT2D eigenvalue weighted by atomic mass is 10.0. The molecule has 6 heteroatoms. The summed E-state index contributed by atoms with van der Waals surface area (Å²) in [5, 5.41) is 3.24. The lowest BCUT2D eigenvalue weighted by molar-refractivity contribution is -0.137. The summed E-state index contributed by atoms with van der Waals surface area (Å²) in [6, 6.07) is 3.78. The molecule has 1 N–H and O–H groups in total. The molecule has 102 valence electrons. The molecule has 0 bridgehead atoms. The van der Waals surface area contributed by atoms with E-state index in [0.29, 0.717) is 5.75 Å². The van der Waals surface area contributed by atoms with E-state index in [4.69, 9.17) is 4.74 Å². The number of methoxy groups -OCH3 is 1. The van der Waals surface area contributed by atoms with Crippen molar-refractivity contribution in [3.05, 3.63) is 29.3 Å². The largest absolute Gasteiger partial charge is 0.496 e. The van der Waals surface area contributed by atoms with Crippen molar-refractivity contribution in [3.63, 3.8) is 0 Å². The fourth-order valence-electron chi connectivity index (χ4n) is 2.13. The minimum absolute atomic E-state index is 0. The van der Waals surface area contributed by atoms with Crippen LogP contribution in [-0.4, -0.2) is 13.7 Å². The molecule has 1 saturated heterocycles. The molecule has 1 aromatic rings.